The number of rotatable bonds is 10. The number of nitrogens with one attached hydrogen (secondary N) is 1. The summed E-state index contributed by atoms with van der Waals surface area (Å²) in [6.45, 7) is 0.267. The second kappa shape index (κ2) is 14.2. The van der Waals surface area contributed by atoms with Crippen LogP contribution < -0.4 is 14.8 Å². The first-order chi connectivity index (χ1) is 16.6. The van der Waals surface area contributed by atoms with Crippen LogP contribution in [-0.2, 0) is 16.1 Å². The zero-order chi connectivity index (χ0) is 24.8. The molecular weight excluding hydrogens is 436 g/mol. The number of hydrogen-bond acceptors (Lipinski definition) is 8. The van der Waals surface area contributed by atoms with Gasteiger partial charge in [-0.25, -0.2) is 4.79 Å². The standard InChI is InChI=1S/C25H24N2O5.CH4O/c1-30-25(29)24(27-20-9-7-18(16-26)8-10-20)22-15-21(11-12-23(22)31-14-13-28)32-17-19-5-3-2-4-6-19;1-2/h2-12,15,24,27-28H,13-14,17H2,1H3;2H,1H3. The number of nitriles is 1. The van der Waals surface area contributed by atoms with E-state index in [0.29, 0.717) is 34.9 Å². The molecule has 8 heteroatoms. The van der Waals surface area contributed by atoms with Crippen LogP contribution in [0, 0.1) is 11.3 Å². The van der Waals surface area contributed by atoms with Gasteiger partial charge in [-0.15, -0.1) is 0 Å². The average molecular weight is 465 g/mol. The number of carbonyl (C=O) groups is 1. The Morgan fingerprint density at radius 2 is 1.74 bits per heavy atom. The molecule has 0 aliphatic rings. The molecule has 0 fully saturated rings. The van der Waals surface area contributed by atoms with Gasteiger partial charge in [-0.2, -0.15) is 5.26 Å². The van der Waals surface area contributed by atoms with Crippen molar-refractivity contribution in [2.24, 2.45) is 0 Å². The van der Waals surface area contributed by atoms with Crippen molar-refractivity contribution in [3.8, 4) is 17.6 Å². The minimum absolute atomic E-state index is 0.0714. The van der Waals surface area contributed by atoms with Crippen molar-refractivity contribution >= 4 is 11.7 Å². The van der Waals surface area contributed by atoms with E-state index in [4.69, 9.17) is 24.6 Å². The lowest BCUT2D eigenvalue weighted by atomic mass is 10.0. The van der Waals surface area contributed by atoms with Gasteiger partial charge in [0.15, 0.2) is 6.04 Å². The molecule has 1 atom stereocenters. The smallest absolute Gasteiger partial charge is 0.333 e. The van der Waals surface area contributed by atoms with Crippen LogP contribution >= 0.6 is 0 Å². The Labute approximate surface area is 199 Å². The quantitative estimate of drug-likeness (QED) is 0.390. The topological polar surface area (TPSA) is 121 Å². The van der Waals surface area contributed by atoms with Crippen molar-refractivity contribution in [2.75, 3.05) is 32.8 Å². The molecule has 34 heavy (non-hydrogen) atoms. The molecule has 0 aliphatic heterocycles. The van der Waals surface area contributed by atoms with Crippen molar-refractivity contribution in [1.29, 1.82) is 5.26 Å². The third kappa shape index (κ3) is 7.52. The Morgan fingerprint density at radius 3 is 2.35 bits per heavy atom. The number of carbonyl (C=O) groups excluding carboxylic acids is 1. The number of aliphatic hydroxyl groups is 2. The van der Waals surface area contributed by atoms with Crippen molar-refractivity contribution in [3.05, 3.63) is 89.5 Å². The van der Waals surface area contributed by atoms with Crippen LogP contribution in [0.4, 0.5) is 5.69 Å². The second-order valence-corrected chi connectivity index (χ2v) is 6.84. The zero-order valence-electron chi connectivity index (χ0n) is 19.1. The Kier molecular flexibility index (Phi) is 10.9. The van der Waals surface area contributed by atoms with Gasteiger partial charge >= 0.3 is 5.97 Å². The van der Waals surface area contributed by atoms with E-state index in [9.17, 15) is 9.90 Å². The molecule has 0 aliphatic carbocycles. The normalized spacial score (nSPS) is 10.7. The van der Waals surface area contributed by atoms with Gasteiger partial charge in [-0.3, -0.25) is 0 Å². The largest absolute Gasteiger partial charge is 0.491 e. The lowest BCUT2D eigenvalue weighted by Gasteiger charge is -2.22. The SMILES string of the molecule is CO.COC(=O)C(Nc1ccc(C#N)cc1)c1cc(OCc2ccccc2)ccc1OCCO. The Balaban J connectivity index is 0.00000199. The lowest BCUT2D eigenvalue weighted by molar-refractivity contribution is -0.141. The van der Waals surface area contributed by atoms with Crippen molar-refractivity contribution in [3.63, 3.8) is 0 Å². The fraction of sp³-hybridized carbons (Fsp3) is 0.231. The summed E-state index contributed by atoms with van der Waals surface area (Å²) in [5.74, 6) is 0.446. The number of benzene rings is 3. The molecule has 1 unspecified atom stereocenters. The maximum atomic E-state index is 12.7. The second-order valence-electron chi connectivity index (χ2n) is 6.84. The first kappa shape index (κ1) is 26.2. The highest BCUT2D eigenvalue weighted by Gasteiger charge is 2.26. The minimum Gasteiger partial charge on any atom is -0.491 e. The van der Waals surface area contributed by atoms with Crippen LogP contribution in [0.3, 0.4) is 0 Å². The molecule has 178 valence electrons. The summed E-state index contributed by atoms with van der Waals surface area (Å²) >= 11 is 0. The van der Waals surface area contributed by atoms with E-state index in [1.807, 2.05) is 30.3 Å². The highest BCUT2D eigenvalue weighted by molar-refractivity contribution is 5.82. The maximum absolute atomic E-state index is 12.7. The number of ether oxygens (including phenoxy) is 3. The Morgan fingerprint density at radius 1 is 1.03 bits per heavy atom. The first-order valence-corrected chi connectivity index (χ1v) is 10.5. The van der Waals surface area contributed by atoms with E-state index in [1.54, 1.807) is 42.5 Å². The molecule has 8 nitrogen and oxygen atoms in total. The molecule has 0 radical (unpaired) electrons. The van der Waals surface area contributed by atoms with Crippen LogP contribution in [-0.4, -0.2) is 43.6 Å². The highest BCUT2D eigenvalue weighted by Crippen LogP contribution is 2.33. The summed E-state index contributed by atoms with van der Waals surface area (Å²) in [7, 11) is 2.31. The van der Waals surface area contributed by atoms with Gasteiger partial charge in [0, 0.05) is 18.4 Å². The van der Waals surface area contributed by atoms with Crippen molar-refractivity contribution in [1.82, 2.24) is 0 Å². The van der Waals surface area contributed by atoms with Gasteiger partial charge in [0.2, 0.25) is 0 Å². The molecule has 0 bridgehead atoms. The summed E-state index contributed by atoms with van der Waals surface area (Å²) in [6, 6.07) is 22.8. The molecule has 0 saturated carbocycles. The number of esters is 1. The maximum Gasteiger partial charge on any atom is 0.333 e. The third-order valence-electron chi connectivity index (χ3n) is 4.65. The zero-order valence-corrected chi connectivity index (χ0v) is 19.1. The fourth-order valence-electron chi connectivity index (χ4n) is 3.06. The number of methoxy groups -OCH3 is 1. The van der Waals surface area contributed by atoms with Crippen LogP contribution in [0.1, 0.15) is 22.7 Å². The molecule has 3 aromatic rings. The van der Waals surface area contributed by atoms with Gasteiger partial charge in [0.1, 0.15) is 24.7 Å². The van der Waals surface area contributed by atoms with Crippen LogP contribution in [0.2, 0.25) is 0 Å². The summed E-state index contributed by atoms with van der Waals surface area (Å²) in [5, 5.41) is 28.3. The van der Waals surface area contributed by atoms with E-state index < -0.39 is 12.0 Å². The summed E-state index contributed by atoms with van der Waals surface area (Å²) in [5.41, 5.74) is 2.65. The summed E-state index contributed by atoms with van der Waals surface area (Å²) in [4.78, 5) is 12.7. The molecule has 0 saturated heterocycles. The molecule has 0 spiro atoms. The average Bonchev–Trinajstić information content (AvgIpc) is 2.91. The van der Waals surface area contributed by atoms with Gasteiger partial charge < -0.3 is 29.7 Å². The monoisotopic (exact) mass is 464 g/mol. The molecule has 0 aromatic heterocycles. The predicted octanol–water partition coefficient (Wildman–Crippen LogP) is 3.44. The number of aliphatic hydroxyl groups excluding tert-OH is 2. The molecule has 3 rings (SSSR count). The Hall–Kier alpha value is -4.06. The van der Waals surface area contributed by atoms with Gasteiger partial charge in [-0.05, 0) is 48.0 Å². The lowest BCUT2D eigenvalue weighted by Crippen LogP contribution is -2.23. The summed E-state index contributed by atoms with van der Waals surface area (Å²) in [6.07, 6.45) is 0. The minimum atomic E-state index is -0.901. The fourth-order valence-corrected chi connectivity index (χ4v) is 3.06. The van der Waals surface area contributed by atoms with E-state index in [0.717, 1.165) is 12.7 Å². The van der Waals surface area contributed by atoms with Gasteiger partial charge in [0.05, 0.1) is 25.3 Å². The van der Waals surface area contributed by atoms with Gasteiger partial charge in [0.25, 0.3) is 0 Å². The van der Waals surface area contributed by atoms with E-state index in [-0.39, 0.29) is 13.2 Å². The van der Waals surface area contributed by atoms with Crippen LogP contribution in [0.15, 0.2) is 72.8 Å². The molecule has 0 amide bonds. The van der Waals surface area contributed by atoms with Crippen molar-refractivity contribution in [2.45, 2.75) is 12.6 Å². The number of anilines is 1. The van der Waals surface area contributed by atoms with Gasteiger partial charge in [-0.1, -0.05) is 30.3 Å². The first-order valence-electron chi connectivity index (χ1n) is 10.5. The van der Waals surface area contributed by atoms with Crippen LogP contribution in [0.5, 0.6) is 11.5 Å². The third-order valence-corrected chi connectivity index (χ3v) is 4.65. The molecule has 3 aromatic carbocycles. The molecular formula is C26H28N2O6. The Bertz CT molecular complexity index is 1060. The molecule has 0 heterocycles. The number of hydrogen-bond donors (Lipinski definition) is 3. The number of nitrogens with zero attached hydrogens (tertiary/aromatic N) is 1. The molecule has 3 N–H and O–H groups in total. The highest BCUT2D eigenvalue weighted by atomic mass is 16.5. The van der Waals surface area contributed by atoms with Crippen molar-refractivity contribution < 1.29 is 29.2 Å². The van der Waals surface area contributed by atoms with E-state index in [2.05, 4.69) is 11.4 Å². The van der Waals surface area contributed by atoms with E-state index in [1.165, 1.54) is 7.11 Å². The predicted molar refractivity (Wildman–Crippen MR) is 127 cm³/mol. The van der Waals surface area contributed by atoms with Crippen LogP contribution in [0.25, 0.3) is 0 Å². The van der Waals surface area contributed by atoms with E-state index >= 15 is 0 Å². The summed E-state index contributed by atoms with van der Waals surface area (Å²) < 4.78 is 16.6.